The molecule has 0 unspecified atom stereocenters. The molecule has 0 saturated heterocycles. The van der Waals surface area contributed by atoms with Crippen LogP contribution in [0.1, 0.15) is 36.2 Å². The first kappa shape index (κ1) is 17.7. The Kier molecular flexibility index (Phi) is 5.68. The van der Waals surface area contributed by atoms with Gasteiger partial charge in [0.1, 0.15) is 11.6 Å². The molecule has 2 aromatic carbocycles. The molecule has 1 N–H and O–H groups in total. The first-order chi connectivity index (χ1) is 11.4. The number of rotatable bonds is 6. The van der Waals surface area contributed by atoms with Crippen LogP contribution in [0.3, 0.4) is 0 Å². The predicted octanol–water partition coefficient (Wildman–Crippen LogP) is 4.13. The Morgan fingerprint density at radius 3 is 2.42 bits per heavy atom. The summed E-state index contributed by atoms with van der Waals surface area (Å²) in [6.07, 6.45) is -0.325. The van der Waals surface area contributed by atoms with Crippen LogP contribution in [0.4, 0.5) is 10.1 Å². The largest absolute Gasteiger partial charge is 0.481 e. The van der Waals surface area contributed by atoms with Crippen molar-refractivity contribution in [3.63, 3.8) is 0 Å². The fraction of sp³-hybridized carbons (Fsp3) is 0.263. The number of amides is 1. The Morgan fingerprint density at radius 2 is 1.83 bits per heavy atom. The van der Waals surface area contributed by atoms with Crippen LogP contribution in [0.5, 0.6) is 5.75 Å². The summed E-state index contributed by atoms with van der Waals surface area (Å²) in [6, 6.07) is 11.1. The third-order valence-corrected chi connectivity index (χ3v) is 3.62. The molecule has 0 aliphatic carbocycles. The van der Waals surface area contributed by atoms with Gasteiger partial charge in [0.2, 0.25) is 0 Å². The molecule has 0 aliphatic heterocycles. The van der Waals surface area contributed by atoms with E-state index in [1.165, 1.54) is 6.07 Å². The van der Waals surface area contributed by atoms with Crippen LogP contribution in [0, 0.1) is 12.7 Å². The van der Waals surface area contributed by atoms with Gasteiger partial charge in [-0.1, -0.05) is 13.0 Å². The van der Waals surface area contributed by atoms with Crippen LogP contribution >= 0.6 is 0 Å². The summed E-state index contributed by atoms with van der Waals surface area (Å²) in [5, 5.41) is 2.61. The maximum absolute atomic E-state index is 13.5. The Hall–Kier alpha value is -2.69. The topological polar surface area (TPSA) is 55.4 Å². The zero-order chi connectivity index (χ0) is 17.7. The number of aryl methyl sites for hydroxylation is 1. The highest BCUT2D eigenvalue weighted by Gasteiger charge is 2.15. The summed E-state index contributed by atoms with van der Waals surface area (Å²) < 4.78 is 19.1. The van der Waals surface area contributed by atoms with Crippen molar-refractivity contribution in [2.75, 3.05) is 5.32 Å². The number of carbonyl (C=O) groups is 2. The lowest BCUT2D eigenvalue weighted by atomic mass is 10.1. The number of hydrogen-bond acceptors (Lipinski definition) is 3. The van der Waals surface area contributed by atoms with E-state index in [0.717, 1.165) is 0 Å². The van der Waals surface area contributed by atoms with Crippen molar-refractivity contribution in [1.82, 2.24) is 0 Å². The smallest absolute Gasteiger partial charge is 0.265 e. The summed E-state index contributed by atoms with van der Waals surface area (Å²) in [4.78, 5) is 23.7. The van der Waals surface area contributed by atoms with Crippen molar-refractivity contribution in [2.45, 2.75) is 33.3 Å². The zero-order valence-electron chi connectivity index (χ0n) is 13.9. The van der Waals surface area contributed by atoms with Crippen LogP contribution in [-0.4, -0.2) is 17.8 Å². The fourth-order valence-corrected chi connectivity index (χ4v) is 2.10. The molecular weight excluding hydrogens is 309 g/mol. The van der Waals surface area contributed by atoms with E-state index in [2.05, 4.69) is 5.32 Å². The minimum absolute atomic E-state index is 0.0498. The van der Waals surface area contributed by atoms with E-state index in [0.29, 0.717) is 29.0 Å². The lowest BCUT2D eigenvalue weighted by molar-refractivity contribution is -0.122. The number of carbonyl (C=O) groups excluding carboxylic acids is 2. The van der Waals surface area contributed by atoms with Gasteiger partial charge in [-0.15, -0.1) is 0 Å². The highest BCUT2D eigenvalue weighted by Crippen LogP contribution is 2.17. The molecule has 5 heteroatoms. The molecule has 0 aromatic heterocycles. The molecule has 24 heavy (non-hydrogen) atoms. The van der Waals surface area contributed by atoms with E-state index < -0.39 is 6.10 Å². The Balaban J connectivity index is 1.98. The van der Waals surface area contributed by atoms with Gasteiger partial charge in [0.25, 0.3) is 5.91 Å². The van der Waals surface area contributed by atoms with Gasteiger partial charge in [-0.3, -0.25) is 9.59 Å². The van der Waals surface area contributed by atoms with Crippen LogP contribution in [0.2, 0.25) is 0 Å². The van der Waals surface area contributed by atoms with E-state index in [1.807, 2.05) is 0 Å². The minimum Gasteiger partial charge on any atom is -0.481 e. The van der Waals surface area contributed by atoms with Gasteiger partial charge in [-0.05, 0) is 55.8 Å². The van der Waals surface area contributed by atoms with Crippen molar-refractivity contribution < 1.29 is 18.7 Å². The van der Waals surface area contributed by atoms with Crippen LogP contribution < -0.4 is 10.1 Å². The Labute approximate surface area is 140 Å². The molecule has 1 atom stereocenters. The molecule has 126 valence electrons. The number of ketones is 1. The van der Waals surface area contributed by atoms with Crippen LogP contribution in [0.15, 0.2) is 42.5 Å². The molecule has 0 heterocycles. The number of hydrogen-bond donors (Lipinski definition) is 1. The number of nitrogens with one attached hydrogen (secondary N) is 1. The van der Waals surface area contributed by atoms with Crippen molar-refractivity contribution >= 4 is 17.4 Å². The molecule has 1 amide bonds. The maximum atomic E-state index is 13.5. The van der Waals surface area contributed by atoms with E-state index in [4.69, 9.17) is 4.74 Å². The number of halogens is 1. The van der Waals surface area contributed by atoms with Gasteiger partial charge < -0.3 is 10.1 Å². The van der Waals surface area contributed by atoms with Gasteiger partial charge in [-0.2, -0.15) is 0 Å². The number of Topliss-reactive ketones (excluding diaryl/α,β-unsaturated/α-hetero) is 1. The van der Waals surface area contributed by atoms with Crippen molar-refractivity contribution in [3.05, 3.63) is 59.4 Å². The average Bonchev–Trinajstić information content (AvgIpc) is 2.58. The van der Waals surface area contributed by atoms with Crippen LogP contribution in [-0.2, 0) is 4.79 Å². The third kappa shape index (κ3) is 4.41. The van der Waals surface area contributed by atoms with E-state index >= 15 is 0 Å². The lowest BCUT2D eigenvalue weighted by Crippen LogP contribution is -2.30. The van der Waals surface area contributed by atoms with Crippen molar-refractivity contribution in [3.8, 4) is 5.75 Å². The summed E-state index contributed by atoms with van der Waals surface area (Å²) in [7, 11) is 0. The van der Waals surface area contributed by atoms with E-state index in [9.17, 15) is 14.0 Å². The molecule has 0 saturated carbocycles. The predicted molar refractivity (Wildman–Crippen MR) is 90.9 cm³/mol. The van der Waals surface area contributed by atoms with Gasteiger partial charge in [0, 0.05) is 17.7 Å². The summed E-state index contributed by atoms with van der Waals surface area (Å²) in [5.41, 5.74) is 1.50. The molecule has 2 aromatic rings. The second kappa shape index (κ2) is 7.73. The SMILES string of the molecule is CCC(=O)c1ccc(O[C@@H](C)C(=O)Nc2ccc(C)c(F)c2)cc1. The second-order valence-electron chi connectivity index (χ2n) is 5.51. The Bertz CT molecular complexity index is 741. The van der Waals surface area contributed by atoms with Gasteiger partial charge in [0.05, 0.1) is 0 Å². The van der Waals surface area contributed by atoms with E-state index in [1.54, 1.807) is 57.2 Å². The highest BCUT2D eigenvalue weighted by atomic mass is 19.1. The van der Waals surface area contributed by atoms with Crippen molar-refractivity contribution in [2.24, 2.45) is 0 Å². The monoisotopic (exact) mass is 329 g/mol. The lowest BCUT2D eigenvalue weighted by Gasteiger charge is -2.15. The molecule has 0 radical (unpaired) electrons. The summed E-state index contributed by atoms with van der Waals surface area (Å²) in [5.74, 6) is -0.223. The van der Waals surface area contributed by atoms with Crippen molar-refractivity contribution in [1.29, 1.82) is 0 Å². The molecule has 2 rings (SSSR count). The van der Waals surface area contributed by atoms with E-state index in [-0.39, 0.29) is 17.5 Å². The summed E-state index contributed by atoms with van der Waals surface area (Å²) in [6.45, 7) is 5.05. The Morgan fingerprint density at radius 1 is 1.17 bits per heavy atom. The first-order valence-electron chi connectivity index (χ1n) is 7.77. The second-order valence-corrected chi connectivity index (χ2v) is 5.51. The first-order valence-corrected chi connectivity index (χ1v) is 7.77. The highest BCUT2D eigenvalue weighted by molar-refractivity contribution is 5.96. The third-order valence-electron chi connectivity index (χ3n) is 3.62. The molecule has 0 aliphatic rings. The summed E-state index contributed by atoms with van der Waals surface area (Å²) >= 11 is 0. The van der Waals surface area contributed by atoms with Gasteiger partial charge >= 0.3 is 0 Å². The maximum Gasteiger partial charge on any atom is 0.265 e. The van der Waals surface area contributed by atoms with Crippen LogP contribution in [0.25, 0.3) is 0 Å². The zero-order valence-corrected chi connectivity index (χ0v) is 13.9. The number of anilines is 1. The quantitative estimate of drug-likeness (QED) is 0.811. The number of ether oxygens (including phenoxy) is 1. The molecular formula is C19H20FNO3. The number of benzene rings is 2. The van der Waals surface area contributed by atoms with Gasteiger partial charge in [0.15, 0.2) is 11.9 Å². The normalized spacial score (nSPS) is 11.7. The molecule has 0 spiro atoms. The average molecular weight is 329 g/mol. The molecule has 4 nitrogen and oxygen atoms in total. The molecule has 0 bridgehead atoms. The van der Waals surface area contributed by atoms with Gasteiger partial charge in [-0.25, -0.2) is 4.39 Å². The standard InChI is InChI=1S/C19H20FNO3/c1-4-18(22)14-6-9-16(10-7-14)24-13(3)19(23)21-15-8-5-12(2)17(20)11-15/h5-11,13H,4H2,1-3H3,(H,21,23)/t13-/m0/s1. The fourth-order valence-electron chi connectivity index (χ4n) is 2.10. The minimum atomic E-state index is -0.762. The molecule has 0 fully saturated rings.